The van der Waals surface area contributed by atoms with Gasteiger partial charge in [-0.15, -0.1) is 0 Å². The van der Waals surface area contributed by atoms with Gasteiger partial charge in [-0.1, -0.05) is 23.7 Å². The highest BCUT2D eigenvalue weighted by Gasteiger charge is 2.23. The molecule has 7 nitrogen and oxygen atoms in total. The highest BCUT2D eigenvalue weighted by atomic mass is 35.5. The van der Waals surface area contributed by atoms with Crippen molar-refractivity contribution in [2.24, 2.45) is 0 Å². The van der Waals surface area contributed by atoms with E-state index < -0.39 is 0 Å². The molecule has 1 heterocycles. The van der Waals surface area contributed by atoms with Crippen LogP contribution in [0, 0.1) is 11.3 Å². The van der Waals surface area contributed by atoms with Gasteiger partial charge in [-0.05, 0) is 36.2 Å². The van der Waals surface area contributed by atoms with Gasteiger partial charge in [-0.2, -0.15) is 5.26 Å². The molecular weight excluding hydrogens is 430 g/mol. The normalized spacial score (nSPS) is 14.9. The van der Waals surface area contributed by atoms with Crippen molar-refractivity contribution in [3.8, 4) is 17.6 Å². The molecule has 1 unspecified atom stereocenters. The summed E-state index contributed by atoms with van der Waals surface area (Å²) in [4.78, 5) is 14.8. The summed E-state index contributed by atoms with van der Waals surface area (Å²) in [7, 11) is 1.53. The van der Waals surface area contributed by atoms with Crippen molar-refractivity contribution < 1.29 is 19.0 Å². The molecule has 0 spiro atoms. The average molecular weight is 458 g/mol. The topological polar surface area (TPSA) is 83.8 Å². The van der Waals surface area contributed by atoms with Crippen LogP contribution in [0.15, 0.2) is 42.5 Å². The Morgan fingerprint density at radius 3 is 2.66 bits per heavy atom. The predicted molar refractivity (Wildman–Crippen MR) is 122 cm³/mol. The maximum atomic E-state index is 12.4. The monoisotopic (exact) mass is 457 g/mol. The Morgan fingerprint density at radius 1 is 1.22 bits per heavy atom. The molecule has 0 radical (unpaired) electrons. The van der Waals surface area contributed by atoms with E-state index in [1.54, 1.807) is 18.2 Å². The van der Waals surface area contributed by atoms with Gasteiger partial charge in [0.25, 0.3) is 0 Å². The summed E-state index contributed by atoms with van der Waals surface area (Å²) < 4.78 is 16.5. The molecule has 0 aliphatic carbocycles. The summed E-state index contributed by atoms with van der Waals surface area (Å²) in [6.45, 7) is 3.92. The van der Waals surface area contributed by atoms with Gasteiger partial charge in [0, 0.05) is 37.1 Å². The van der Waals surface area contributed by atoms with Crippen molar-refractivity contribution in [3.63, 3.8) is 0 Å². The maximum Gasteiger partial charge on any atom is 0.220 e. The van der Waals surface area contributed by atoms with Crippen molar-refractivity contribution in [1.29, 1.82) is 5.26 Å². The van der Waals surface area contributed by atoms with Crippen LogP contribution in [0.5, 0.6) is 11.5 Å². The van der Waals surface area contributed by atoms with E-state index in [-0.39, 0.29) is 11.9 Å². The Balaban J connectivity index is 1.48. The first-order valence-corrected chi connectivity index (χ1v) is 11.0. The summed E-state index contributed by atoms with van der Waals surface area (Å²) in [5, 5.41) is 12.7. The third kappa shape index (κ3) is 6.86. The highest BCUT2D eigenvalue weighted by molar-refractivity contribution is 6.30. The number of nitriles is 1. The first-order chi connectivity index (χ1) is 15.6. The number of halogens is 1. The summed E-state index contributed by atoms with van der Waals surface area (Å²) in [5.41, 5.74) is 1.62. The van der Waals surface area contributed by atoms with Crippen LogP contribution in [0.2, 0.25) is 5.02 Å². The third-order valence-corrected chi connectivity index (χ3v) is 5.58. The standard InChI is InChI=1S/C24H28ClN3O4/c1-30-23-15-18(16-26)4-9-22(23)32-12-2-3-24(29)27-17-21(28-10-13-31-14-11-28)19-5-7-20(25)8-6-19/h4-9,15,21H,2-3,10-14,17H2,1H3,(H,27,29). The Bertz CT molecular complexity index is 924. The van der Waals surface area contributed by atoms with Crippen LogP contribution in [0.25, 0.3) is 0 Å². The zero-order chi connectivity index (χ0) is 22.8. The number of morpholine rings is 1. The van der Waals surface area contributed by atoms with Gasteiger partial charge < -0.3 is 19.5 Å². The summed E-state index contributed by atoms with van der Waals surface area (Å²) >= 11 is 6.04. The molecule has 1 aliphatic heterocycles. The maximum absolute atomic E-state index is 12.4. The smallest absolute Gasteiger partial charge is 0.220 e. The van der Waals surface area contributed by atoms with Gasteiger partial charge in [-0.25, -0.2) is 0 Å². The zero-order valence-electron chi connectivity index (χ0n) is 18.2. The quantitative estimate of drug-likeness (QED) is 0.549. The van der Waals surface area contributed by atoms with Crippen LogP contribution in [0.1, 0.15) is 30.0 Å². The van der Waals surface area contributed by atoms with E-state index in [1.165, 1.54) is 7.11 Å². The number of methoxy groups -OCH3 is 1. The number of ether oxygens (including phenoxy) is 3. The number of nitrogens with zero attached hydrogens (tertiary/aromatic N) is 2. The Morgan fingerprint density at radius 2 is 1.97 bits per heavy atom. The molecule has 2 aromatic carbocycles. The lowest BCUT2D eigenvalue weighted by Gasteiger charge is -2.35. The molecule has 1 aliphatic rings. The lowest BCUT2D eigenvalue weighted by molar-refractivity contribution is -0.121. The molecule has 1 N–H and O–H groups in total. The SMILES string of the molecule is COc1cc(C#N)ccc1OCCCC(=O)NCC(c1ccc(Cl)cc1)N1CCOCC1. The third-order valence-electron chi connectivity index (χ3n) is 5.33. The molecule has 2 aromatic rings. The number of benzene rings is 2. The zero-order valence-corrected chi connectivity index (χ0v) is 18.9. The van der Waals surface area contributed by atoms with Gasteiger partial charge in [0.1, 0.15) is 0 Å². The van der Waals surface area contributed by atoms with Crippen LogP contribution in [0.4, 0.5) is 0 Å². The van der Waals surface area contributed by atoms with Crippen LogP contribution in [0.3, 0.4) is 0 Å². The summed E-state index contributed by atoms with van der Waals surface area (Å²) in [6, 6.07) is 14.9. The molecule has 0 saturated carbocycles. The number of rotatable bonds is 10. The molecule has 1 amide bonds. The van der Waals surface area contributed by atoms with Crippen molar-refractivity contribution in [2.75, 3.05) is 46.6 Å². The Kier molecular flexibility index (Phi) is 9.17. The number of carbonyl (C=O) groups is 1. The fourth-order valence-corrected chi connectivity index (χ4v) is 3.73. The first-order valence-electron chi connectivity index (χ1n) is 10.7. The molecule has 1 atom stereocenters. The second kappa shape index (κ2) is 12.3. The van der Waals surface area contributed by atoms with Crippen molar-refractivity contribution in [3.05, 3.63) is 58.6 Å². The second-order valence-electron chi connectivity index (χ2n) is 7.45. The van der Waals surface area contributed by atoms with Gasteiger partial charge in [-0.3, -0.25) is 9.69 Å². The minimum Gasteiger partial charge on any atom is -0.493 e. The molecule has 1 saturated heterocycles. The molecule has 0 aromatic heterocycles. The predicted octanol–water partition coefficient (Wildman–Crippen LogP) is 3.57. The number of hydrogen-bond donors (Lipinski definition) is 1. The molecule has 8 heteroatoms. The molecule has 1 fully saturated rings. The molecule has 170 valence electrons. The highest BCUT2D eigenvalue weighted by Crippen LogP contribution is 2.28. The molecular formula is C24H28ClN3O4. The van der Waals surface area contributed by atoms with Gasteiger partial charge in [0.2, 0.25) is 5.91 Å². The van der Waals surface area contributed by atoms with Crippen LogP contribution in [-0.2, 0) is 9.53 Å². The Labute approximate surface area is 193 Å². The minimum absolute atomic E-state index is 0.0207. The lowest BCUT2D eigenvalue weighted by atomic mass is 10.0. The fourth-order valence-electron chi connectivity index (χ4n) is 3.60. The van der Waals surface area contributed by atoms with Gasteiger partial charge >= 0.3 is 0 Å². The van der Waals surface area contributed by atoms with E-state index in [9.17, 15) is 4.79 Å². The number of amides is 1. The second-order valence-corrected chi connectivity index (χ2v) is 7.89. The van der Waals surface area contributed by atoms with Gasteiger partial charge in [0.05, 0.1) is 44.6 Å². The molecule has 3 rings (SSSR count). The molecule has 32 heavy (non-hydrogen) atoms. The number of carbonyl (C=O) groups excluding carboxylic acids is 1. The lowest BCUT2D eigenvalue weighted by Crippen LogP contribution is -2.43. The van der Waals surface area contributed by atoms with Crippen molar-refractivity contribution in [1.82, 2.24) is 10.2 Å². The van der Waals surface area contributed by atoms with E-state index in [2.05, 4.69) is 16.3 Å². The fraction of sp³-hybridized carbons (Fsp3) is 0.417. The number of hydrogen-bond acceptors (Lipinski definition) is 6. The van der Waals surface area contributed by atoms with Crippen LogP contribution in [-0.4, -0.2) is 57.4 Å². The van der Waals surface area contributed by atoms with E-state index in [0.717, 1.165) is 18.7 Å². The summed E-state index contributed by atoms with van der Waals surface area (Å²) in [5.74, 6) is 1.04. The van der Waals surface area contributed by atoms with E-state index in [0.29, 0.717) is 61.3 Å². The average Bonchev–Trinajstić information content (AvgIpc) is 2.83. The summed E-state index contributed by atoms with van der Waals surface area (Å²) in [6.07, 6.45) is 0.924. The first kappa shape index (κ1) is 23.9. The molecule has 0 bridgehead atoms. The largest absolute Gasteiger partial charge is 0.493 e. The number of nitrogens with one attached hydrogen (secondary N) is 1. The minimum atomic E-state index is -0.0207. The van der Waals surface area contributed by atoms with Crippen molar-refractivity contribution in [2.45, 2.75) is 18.9 Å². The van der Waals surface area contributed by atoms with Crippen molar-refractivity contribution >= 4 is 17.5 Å². The van der Waals surface area contributed by atoms with Crippen LogP contribution >= 0.6 is 11.6 Å². The van der Waals surface area contributed by atoms with E-state index in [4.69, 9.17) is 31.1 Å². The van der Waals surface area contributed by atoms with E-state index in [1.807, 2.05) is 24.3 Å². The van der Waals surface area contributed by atoms with E-state index >= 15 is 0 Å². The Hall–Kier alpha value is -2.79. The van der Waals surface area contributed by atoms with Crippen LogP contribution < -0.4 is 14.8 Å². The van der Waals surface area contributed by atoms with Gasteiger partial charge in [0.15, 0.2) is 11.5 Å².